The first kappa shape index (κ1) is 18.6. The summed E-state index contributed by atoms with van der Waals surface area (Å²) in [5, 5.41) is 14.4. The average molecular weight is 357 g/mol. The number of hydrogen-bond donors (Lipinski definition) is 1. The molecule has 9 heteroatoms. The number of ether oxygens (including phenoxy) is 1. The first-order valence-electron chi connectivity index (χ1n) is 7.86. The van der Waals surface area contributed by atoms with Crippen LogP contribution in [0.25, 0.3) is 0 Å². The zero-order valence-electron chi connectivity index (χ0n) is 14.1. The Balaban J connectivity index is 2.36. The Morgan fingerprint density at radius 2 is 1.88 bits per heavy atom. The van der Waals surface area contributed by atoms with Gasteiger partial charge in [0.15, 0.2) is 0 Å². The molecule has 134 valence electrons. The monoisotopic (exact) mass is 357 g/mol. The molecule has 0 radical (unpaired) electrons. The molecule has 2 rings (SSSR count). The molecule has 0 aromatic heterocycles. The third-order valence-electron chi connectivity index (χ3n) is 4.16. The van der Waals surface area contributed by atoms with Gasteiger partial charge in [-0.05, 0) is 25.0 Å². The van der Waals surface area contributed by atoms with Crippen molar-refractivity contribution in [2.75, 3.05) is 31.6 Å². The SMILES string of the molecule is CC(C)[C@H](C)Nc1ccc(S(=O)(=O)N2CCOCC2)cc1[N+](=O)[O-]. The molecule has 1 aliphatic rings. The molecule has 1 aliphatic heterocycles. The van der Waals surface area contributed by atoms with E-state index >= 15 is 0 Å². The number of morpholine rings is 1. The molecule has 1 atom stereocenters. The lowest BCUT2D eigenvalue weighted by Gasteiger charge is -2.26. The van der Waals surface area contributed by atoms with Gasteiger partial charge in [-0.25, -0.2) is 8.42 Å². The predicted octanol–water partition coefficient (Wildman–Crippen LogP) is 2.07. The number of benzene rings is 1. The summed E-state index contributed by atoms with van der Waals surface area (Å²) < 4.78 is 31.7. The van der Waals surface area contributed by atoms with Crippen molar-refractivity contribution in [2.45, 2.75) is 31.7 Å². The molecule has 1 saturated heterocycles. The van der Waals surface area contributed by atoms with Crippen LogP contribution >= 0.6 is 0 Å². The summed E-state index contributed by atoms with van der Waals surface area (Å²) in [6, 6.07) is 4.02. The Morgan fingerprint density at radius 3 is 2.42 bits per heavy atom. The van der Waals surface area contributed by atoms with E-state index in [-0.39, 0.29) is 35.6 Å². The summed E-state index contributed by atoms with van der Waals surface area (Å²) in [6.45, 7) is 7.08. The van der Waals surface area contributed by atoms with Crippen molar-refractivity contribution in [1.82, 2.24) is 4.31 Å². The number of nitro groups is 1. The fraction of sp³-hybridized carbons (Fsp3) is 0.600. The summed E-state index contributed by atoms with van der Waals surface area (Å²) in [6.07, 6.45) is 0. The average Bonchev–Trinajstić information content (AvgIpc) is 2.55. The van der Waals surface area contributed by atoms with Gasteiger partial charge in [-0.1, -0.05) is 13.8 Å². The molecule has 1 aromatic rings. The fourth-order valence-electron chi connectivity index (χ4n) is 2.29. The third-order valence-corrected chi connectivity index (χ3v) is 6.05. The second-order valence-corrected chi connectivity index (χ2v) is 8.07. The highest BCUT2D eigenvalue weighted by molar-refractivity contribution is 7.89. The maximum absolute atomic E-state index is 12.6. The number of nitro benzene ring substituents is 1. The number of anilines is 1. The van der Waals surface area contributed by atoms with Gasteiger partial charge in [0, 0.05) is 25.2 Å². The predicted molar refractivity (Wildman–Crippen MR) is 90.6 cm³/mol. The number of sulfonamides is 1. The van der Waals surface area contributed by atoms with Crippen LogP contribution in [0, 0.1) is 16.0 Å². The molecule has 1 fully saturated rings. The minimum absolute atomic E-state index is 0.0189. The third kappa shape index (κ3) is 4.03. The van der Waals surface area contributed by atoms with Gasteiger partial charge in [0.25, 0.3) is 5.69 Å². The van der Waals surface area contributed by atoms with Gasteiger partial charge in [-0.15, -0.1) is 0 Å². The lowest BCUT2D eigenvalue weighted by atomic mass is 10.1. The molecular weight excluding hydrogens is 334 g/mol. The second kappa shape index (κ2) is 7.45. The van der Waals surface area contributed by atoms with Gasteiger partial charge in [-0.2, -0.15) is 4.31 Å². The Labute approximate surface area is 142 Å². The molecule has 0 spiro atoms. The van der Waals surface area contributed by atoms with Gasteiger partial charge < -0.3 is 10.1 Å². The van der Waals surface area contributed by atoms with Crippen molar-refractivity contribution in [3.05, 3.63) is 28.3 Å². The van der Waals surface area contributed by atoms with Crippen molar-refractivity contribution < 1.29 is 18.1 Å². The van der Waals surface area contributed by atoms with Gasteiger partial charge in [-0.3, -0.25) is 10.1 Å². The van der Waals surface area contributed by atoms with E-state index in [1.54, 1.807) is 0 Å². The van der Waals surface area contributed by atoms with E-state index in [4.69, 9.17) is 4.74 Å². The number of nitrogens with one attached hydrogen (secondary N) is 1. The lowest BCUT2D eigenvalue weighted by Crippen LogP contribution is -2.40. The van der Waals surface area contributed by atoms with Crippen molar-refractivity contribution in [3.8, 4) is 0 Å². The molecular formula is C15H23N3O5S. The highest BCUT2D eigenvalue weighted by atomic mass is 32.2. The van der Waals surface area contributed by atoms with E-state index in [9.17, 15) is 18.5 Å². The number of rotatable bonds is 6. The lowest BCUT2D eigenvalue weighted by molar-refractivity contribution is -0.384. The fourth-order valence-corrected chi connectivity index (χ4v) is 3.72. The Morgan fingerprint density at radius 1 is 1.25 bits per heavy atom. The van der Waals surface area contributed by atoms with Crippen LogP contribution in [0.3, 0.4) is 0 Å². The van der Waals surface area contributed by atoms with Crippen LogP contribution in [0.4, 0.5) is 11.4 Å². The van der Waals surface area contributed by atoms with Gasteiger partial charge in [0.05, 0.1) is 23.0 Å². The summed E-state index contributed by atoms with van der Waals surface area (Å²) in [5.41, 5.74) is 0.0824. The van der Waals surface area contributed by atoms with E-state index in [0.29, 0.717) is 18.9 Å². The maximum Gasteiger partial charge on any atom is 0.293 e. The van der Waals surface area contributed by atoms with Crippen molar-refractivity contribution >= 4 is 21.4 Å². The smallest absolute Gasteiger partial charge is 0.293 e. The highest BCUT2D eigenvalue weighted by Gasteiger charge is 2.29. The Kier molecular flexibility index (Phi) is 5.79. The van der Waals surface area contributed by atoms with Gasteiger partial charge >= 0.3 is 0 Å². The highest BCUT2D eigenvalue weighted by Crippen LogP contribution is 2.30. The van der Waals surface area contributed by atoms with Gasteiger partial charge in [0.1, 0.15) is 5.69 Å². The summed E-state index contributed by atoms with van der Waals surface area (Å²) in [7, 11) is -3.76. The van der Waals surface area contributed by atoms with E-state index in [1.165, 1.54) is 16.4 Å². The largest absolute Gasteiger partial charge is 0.379 e. The van der Waals surface area contributed by atoms with Crippen molar-refractivity contribution in [3.63, 3.8) is 0 Å². The summed E-state index contributed by atoms with van der Waals surface area (Å²) in [5.74, 6) is 0.279. The van der Waals surface area contributed by atoms with Crippen LogP contribution in [-0.4, -0.2) is 50.0 Å². The molecule has 0 aliphatic carbocycles. The molecule has 1 N–H and O–H groups in total. The Hall–Kier alpha value is -1.71. The molecule has 1 aromatic carbocycles. The minimum atomic E-state index is -3.76. The quantitative estimate of drug-likeness (QED) is 0.618. The van der Waals surface area contributed by atoms with E-state index in [2.05, 4.69) is 5.32 Å². The normalized spacial score (nSPS) is 17.7. The molecule has 0 amide bonds. The van der Waals surface area contributed by atoms with Crippen LogP contribution in [0.15, 0.2) is 23.1 Å². The van der Waals surface area contributed by atoms with Crippen LogP contribution in [-0.2, 0) is 14.8 Å². The molecule has 0 unspecified atom stereocenters. The molecule has 8 nitrogen and oxygen atoms in total. The molecule has 1 heterocycles. The Bertz CT molecular complexity index is 699. The van der Waals surface area contributed by atoms with Crippen LogP contribution in [0.2, 0.25) is 0 Å². The van der Waals surface area contributed by atoms with E-state index in [1.807, 2.05) is 20.8 Å². The topological polar surface area (TPSA) is 102 Å². The van der Waals surface area contributed by atoms with Gasteiger partial charge in [0.2, 0.25) is 10.0 Å². The number of hydrogen-bond acceptors (Lipinski definition) is 6. The number of nitrogens with zero attached hydrogens (tertiary/aromatic N) is 2. The summed E-state index contributed by atoms with van der Waals surface area (Å²) in [4.78, 5) is 10.7. The van der Waals surface area contributed by atoms with Crippen LogP contribution < -0.4 is 5.32 Å². The zero-order chi connectivity index (χ0) is 17.9. The zero-order valence-corrected chi connectivity index (χ0v) is 14.9. The first-order chi connectivity index (χ1) is 11.2. The molecule has 24 heavy (non-hydrogen) atoms. The molecule has 0 bridgehead atoms. The second-order valence-electron chi connectivity index (χ2n) is 6.13. The maximum atomic E-state index is 12.6. The first-order valence-corrected chi connectivity index (χ1v) is 9.30. The molecule has 0 saturated carbocycles. The van der Waals surface area contributed by atoms with E-state index in [0.717, 1.165) is 6.07 Å². The minimum Gasteiger partial charge on any atom is -0.379 e. The van der Waals surface area contributed by atoms with Crippen molar-refractivity contribution in [2.24, 2.45) is 5.92 Å². The standard InChI is InChI=1S/C15H23N3O5S/c1-11(2)12(3)16-14-5-4-13(10-15(14)18(19)20)24(21,22)17-6-8-23-9-7-17/h4-5,10-12,16H,6-9H2,1-3H3/t12-/m0/s1. The van der Waals surface area contributed by atoms with Crippen molar-refractivity contribution in [1.29, 1.82) is 0 Å². The van der Waals surface area contributed by atoms with Crippen LogP contribution in [0.1, 0.15) is 20.8 Å². The summed E-state index contributed by atoms with van der Waals surface area (Å²) >= 11 is 0. The van der Waals surface area contributed by atoms with E-state index < -0.39 is 14.9 Å². The van der Waals surface area contributed by atoms with Crippen LogP contribution in [0.5, 0.6) is 0 Å².